The van der Waals surface area contributed by atoms with Crippen molar-refractivity contribution in [3.8, 4) is 5.75 Å². The Bertz CT molecular complexity index is 928. The Hall–Kier alpha value is -2.67. The molecule has 0 aliphatic rings. The van der Waals surface area contributed by atoms with E-state index in [1.54, 1.807) is 19.1 Å². The topological polar surface area (TPSA) is 85.5 Å². The molecule has 0 fully saturated rings. The number of carboxylic acid groups (broad SMARTS) is 1. The number of halogens is 2. The summed E-state index contributed by atoms with van der Waals surface area (Å²) in [6.07, 6.45) is 0.987. The van der Waals surface area contributed by atoms with Gasteiger partial charge in [-0.15, -0.1) is 0 Å². The normalized spacial score (nSPS) is 12.3. The molecule has 8 heteroatoms. The number of nitrogens with zero attached hydrogens (tertiary/aromatic N) is 2. The zero-order valence-corrected chi connectivity index (χ0v) is 14.0. The summed E-state index contributed by atoms with van der Waals surface area (Å²) in [7, 11) is 0. The first-order chi connectivity index (χ1) is 12.0. The first-order valence-electron chi connectivity index (χ1n) is 7.52. The van der Waals surface area contributed by atoms with E-state index in [1.165, 1.54) is 18.3 Å². The van der Waals surface area contributed by atoms with E-state index in [4.69, 9.17) is 26.0 Å². The zero-order valence-electron chi connectivity index (χ0n) is 13.2. The molecule has 0 radical (unpaired) electrons. The van der Waals surface area contributed by atoms with Gasteiger partial charge < -0.3 is 14.4 Å². The van der Waals surface area contributed by atoms with Crippen molar-refractivity contribution in [2.24, 2.45) is 0 Å². The van der Waals surface area contributed by atoms with Gasteiger partial charge in [-0.25, -0.2) is 4.39 Å². The van der Waals surface area contributed by atoms with Crippen LogP contribution in [-0.4, -0.2) is 21.2 Å². The zero-order chi connectivity index (χ0) is 18.0. The van der Waals surface area contributed by atoms with Crippen molar-refractivity contribution in [1.82, 2.24) is 10.1 Å². The molecule has 3 aromatic rings. The number of fused-ring (bicyclic) bond motifs is 1. The van der Waals surface area contributed by atoms with Gasteiger partial charge in [-0.2, -0.15) is 0 Å². The molecule has 0 aliphatic carbocycles. The van der Waals surface area contributed by atoms with Crippen LogP contribution >= 0.6 is 11.6 Å². The molecule has 1 atom stereocenters. The largest absolute Gasteiger partial charge is 0.483 e. The van der Waals surface area contributed by atoms with Crippen LogP contribution in [0.25, 0.3) is 11.0 Å². The lowest BCUT2D eigenvalue weighted by molar-refractivity contribution is -0.136. The summed E-state index contributed by atoms with van der Waals surface area (Å²) in [4.78, 5) is 14.7. The minimum Gasteiger partial charge on any atom is -0.483 e. The molecule has 1 unspecified atom stereocenters. The van der Waals surface area contributed by atoms with Crippen molar-refractivity contribution >= 4 is 28.5 Å². The second-order valence-electron chi connectivity index (χ2n) is 5.43. The van der Waals surface area contributed by atoms with Gasteiger partial charge in [0.15, 0.2) is 5.58 Å². The number of rotatable bonds is 6. The van der Waals surface area contributed by atoms with Crippen LogP contribution in [-0.2, 0) is 11.2 Å². The standard InChI is InChI=1S/C17H14ClFN2O4/c1-9(17-12(19)3-2-6-20-17)24-15-8-14-10(7-11(15)18)13(21-25-14)4-5-16(22)23/h2-3,6-9H,4-5H2,1H3,(H,22,23). The Morgan fingerprint density at radius 3 is 3.00 bits per heavy atom. The van der Waals surface area contributed by atoms with E-state index in [9.17, 15) is 9.18 Å². The second kappa shape index (κ2) is 7.06. The molecule has 0 saturated carbocycles. The maximum absolute atomic E-state index is 13.8. The smallest absolute Gasteiger partial charge is 0.303 e. The lowest BCUT2D eigenvalue weighted by atomic mass is 10.1. The summed E-state index contributed by atoms with van der Waals surface area (Å²) in [5.41, 5.74) is 1.08. The highest BCUT2D eigenvalue weighted by molar-refractivity contribution is 6.32. The Morgan fingerprint density at radius 1 is 1.48 bits per heavy atom. The molecule has 1 N–H and O–H groups in total. The molecular formula is C17H14ClFN2O4. The SMILES string of the molecule is CC(Oc1cc2onc(CCC(=O)O)c2cc1Cl)c1ncccc1F. The van der Waals surface area contributed by atoms with E-state index < -0.39 is 17.9 Å². The summed E-state index contributed by atoms with van der Waals surface area (Å²) >= 11 is 6.24. The number of aliphatic carboxylic acids is 1. The number of pyridine rings is 1. The fourth-order valence-electron chi connectivity index (χ4n) is 2.43. The van der Waals surface area contributed by atoms with Crippen molar-refractivity contribution in [3.63, 3.8) is 0 Å². The van der Waals surface area contributed by atoms with Crippen molar-refractivity contribution < 1.29 is 23.6 Å². The molecule has 0 bridgehead atoms. The average molecular weight is 365 g/mol. The van der Waals surface area contributed by atoms with Crippen molar-refractivity contribution in [3.05, 3.63) is 52.7 Å². The highest BCUT2D eigenvalue weighted by atomic mass is 35.5. The van der Waals surface area contributed by atoms with Gasteiger partial charge in [0.05, 0.1) is 17.1 Å². The van der Waals surface area contributed by atoms with Crippen LogP contribution in [0.15, 0.2) is 35.0 Å². The lowest BCUT2D eigenvalue weighted by Gasteiger charge is -2.15. The van der Waals surface area contributed by atoms with Crippen molar-refractivity contribution in [1.29, 1.82) is 0 Å². The molecule has 2 aromatic heterocycles. The van der Waals surface area contributed by atoms with Gasteiger partial charge in [0, 0.05) is 24.1 Å². The van der Waals surface area contributed by atoms with Crippen LogP contribution < -0.4 is 4.74 Å². The van der Waals surface area contributed by atoms with Gasteiger partial charge in [0.1, 0.15) is 23.4 Å². The predicted octanol–water partition coefficient (Wildman–Crippen LogP) is 4.17. The molecule has 0 saturated heterocycles. The summed E-state index contributed by atoms with van der Waals surface area (Å²) in [5.74, 6) is -1.09. The lowest BCUT2D eigenvalue weighted by Crippen LogP contribution is -2.08. The Labute approximate surface area is 147 Å². The van der Waals surface area contributed by atoms with E-state index in [0.29, 0.717) is 22.4 Å². The highest BCUT2D eigenvalue weighted by Gasteiger charge is 2.18. The first kappa shape index (κ1) is 17.2. The third kappa shape index (κ3) is 3.71. The third-order valence-electron chi connectivity index (χ3n) is 3.65. The number of carbonyl (C=O) groups is 1. The molecule has 0 aliphatic heterocycles. The van der Waals surface area contributed by atoms with Crippen LogP contribution in [0.5, 0.6) is 5.75 Å². The fourth-order valence-corrected chi connectivity index (χ4v) is 2.64. The number of aryl methyl sites for hydroxylation is 1. The predicted molar refractivity (Wildman–Crippen MR) is 88.2 cm³/mol. The fraction of sp³-hybridized carbons (Fsp3) is 0.235. The average Bonchev–Trinajstić information content (AvgIpc) is 2.95. The van der Waals surface area contributed by atoms with Gasteiger partial charge in [-0.1, -0.05) is 16.8 Å². The molecule has 130 valence electrons. The minimum absolute atomic E-state index is 0.0620. The monoisotopic (exact) mass is 364 g/mol. The Kier molecular flexibility index (Phi) is 4.85. The highest BCUT2D eigenvalue weighted by Crippen LogP contribution is 2.34. The van der Waals surface area contributed by atoms with Crippen LogP contribution in [0.3, 0.4) is 0 Å². The Balaban J connectivity index is 1.86. The van der Waals surface area contributed by atoms with Crippen molar-refractivity contribution in [2.45, 2.75) is 25.9 Å². The maximum atomic E-state index is 13.8. The molecule has 25 heavy (non-hydrogen) atoms. The Morgan fingerprint density at radius 2 is 2.28 bits per heavy atom. The van der Waals surface area contributed by atoms with Gasteiger partial charge in [0.2, 0.25) is 0 Å². The summed E-state index contributed by atoms with van der Waals surface area (Å²) in [6.45, 7) is 1.66. The van der Waals surface area contributed by atoms with Gasteiger partial charge in [0.25, 0.3) is 0 Å². The minimum atomic E-state index is -0.923. The number of hydrogen-bond acceptors (Lipinski definition) is 5. The van der Waals surface area contributed by atoms with Crippen LogP contribution in [0, 0.1) is 5.82 Å². The second-order valence-corrected chi connectivity index (χ2v) is 5.84. The molecular weight excluding hydrogens is 351 g/mol. The van der Waals surface area contributed by atoms with E-state index >= 15 is 0 Å². The summed E-state index contributed by atoms with van der Waals surface area (Å²) < 4.78 is 24.7. The number of aromatic nitrogens is 2. The third-order valence-corrected chi connectivity index (χ3v) is 3.95. The number of carboxylic acids is 1. The molecule has 0 amide bonds. The maximum Gasteiger partial charge on any atom is 0.303 e. The quantitative estimate of drug-likeness (QED) is 0.706. The van der Waals surface area contributed by atoms with Crippen LogP contribution in [0.1, 0.15) is 30.8 Å². The van der Waals surface area contributed by atoms with Crippen molar-refractivity contribution in [2.75, 3.05) is 0 Å². The van der Waals surface area contributed by atoms with E-state index in [2.05, 4.69) is 10.1 Å². The van der Waals surface area contributed by atoms with E-state index in [1.807, 2.05) is 0 Å². The summed E-state index contributed by atoms with van der Waals surface area (Å²) in [6, 6.07) is 5.95. The number of benzene rings is 1. The first-order valence-corrected chi connectivity index (χ1v) is 7.90. The molecule has 0 spiro atoms. The van der Waals surface area contributed by atoms with Crippen LogP contribution in [0.4, 0.5) is 4.39 Å². The molecule has 6 nitrogen and oxygen atoms in total. The van der Waals surface area contributed by atoms with Gasteiger partial charge in [-0.05, 0) is 25.1 Å². The molecule has 1 aromatic carbocycles. The van der Waals surface area contributed by atoms with E-state index in [0.717, 1.165) is 0 Å². The summed E-state index contributed by atoms with van der Waals surface area (Å²) in [5, 5.41) is 13.6. The van der Waals surface area contributed by atoms with Gasteiger partial charge >= 0.3 is 5.97 Å². The number of hydrogen-bond donors (Lipinski definition) is 1. The van der Waals surface area contributed by atoms with Gasteiger partial charge in [-0.3, -0.25) is 9.78 Å². The molecule has 2 heterocycles. The number of ether oxygens (including phenoxy) is 1. The van der Waals surface area contributed by atoms with E-state index in [-0.39, 0.29) is 23.6 Å². The van der Waals surface area contributed by atoms with Crippen LogP contribution in [0.2, 0.25) is 5.02 Å². The molecule has 3 rings (SSSR count).